The lowest BCUT2D eigenvalue weighted by Crippen LogP contribution is -2.42. The van der Waals surface area contributed by atoms with E-state index in [0.717, 1.165) is 0 Å². The standard InChI is InChI=1S/C2H6N4S2/c3-1(4)5-6-2(7)8/h(H4,3,4,5)(H2,6,7,8). The van der Waals surface area contributed by atoms with Crippen molar-refractivity contribution in [2.24, 2.45) is 5.73 Å². The minimum atomic E-state index is -0.193. The fourth-order valence-electron chi connectivity index (χ4n) is 0.121. The average molecular weight is 150 g/mol. The van der Waals surface area contributed by atoms with Gasteiger partial charge in [-0.2, -0.15) is 0 Å². The first-order valence-electron chi connectivity index (χ1n) is 1.72. The van der Waals surface area contributed by atoms with E-state index >= 15 is 0 Å². The Morgan fingerprint density at radius 3 is 2.25 bits per heavy atom. The van der Waals surface area contributed by atoms with Gasteiger partial charge in [-0.3, -0.25) is 16.3 Å². The molecule has 0 bridgehead atoms. The van der Waals surface area contributed by atoms with Gasteiger partial charge < -0.3 is 5.73 Å². The first-order chi connectivity index (χ1) is 3.63. The third-order valence-corrected chi connectivity index (χ3v) is 0.518. The van der Waals surface area contributed by atoms with E-state index in [0.29, 0.717) is 0 Å². The molecule has 0 fully saturated rings. The van der Waals surface area contributed by atoms with Gasteiger partial charge in [-0.1, -0.05) is 12.2 Å². The van der Waals surface area contributed by atoms with Crippen LogP contribution >= 0.6 is 24.8 Å². The minimum Gasteiger partial charge on any atom is -0.369 e. The molecule has 6 heteroatoms. The second-order valence-electron chi connectivity index (χ2n) is 0.969. The minimum absolute atomic E-state index is 0.193. The maximum absolute atomic E-state index is 6.60. The van der Waals surface area contributed by atoms with E-state index in [9.17, 15) is 0 Å². The molecule has 0 unspecified atom stereocenters. The fourth-order valence-corrected chi connectivity index (χ4v) is 0.228. The predicted octanol–water partition coefficient (Wildman–Crippen LogP) is -0.811. The number of rotatable bonds is 0. The van der Waals surface area contributed by atoms with Crippen LogP contribution in [0.25, 0.3) is 0 Å². The van der Waals surface area contributed by atoms with Crippen molar-refractivity contribution in [1.82, 2.24) is 10.9 Å². The normalized spacial score (nSPS) is 7.62. The van der Waals surface area contributed by atoms with Crippen LogP contribution < -0.4 is 16.6 Å². The quantitative estimate of drug-likeness (QED) is 0.103. The van der Waals surface area contributed by atoms with Gasteiger partial charge in [0.1, 0.15) is 4.32 Å². The van der Waals surface area contributed by atoms with Gasteiger partial charge in [0.25, 0.3) is 0 Å². The monoisotopic (exact) mass is 150 g/mol. The van der Waals surface area contributed by atoms with E-state index in [-0.39, 0.29) is 10.3 Å². The summed E-state index contributed by atoms with van der Waals surface area (Å²) in [7, 11) is 0. The number of thiocarbonyl (C=S) groups is 1. The number of guanidine groups is 1. The van der Waals surface area contributed by atoms with Crippen molar-refractivity contribution < 1.29 is 0 Å². The number of hydrogen-bond donors (Lipinski definition) is 5. The highest BCUT2D eigenvalue weighted by Gasteiger charge is 1.83. The molecule has 0 aromatic heterocycles. The lowest BCUT2D eigenvalue weighted by atomic mass is 11.1. The van der Waals surface area contributed by atoms with Crippen molar-refractivity contribution in [2.75, 3.05) is 0 Å². The topological polar surface area (TPSA) is 73.9 Å². The summed E-state index contributed by atoms with van der Waals surface area (Å²) in [6.07, 6.45) is 0. The summed E-state index contributed by atoms with van der Waals surface area (Å²) in [5.41, 5.74) is 9.44. The second kappa shape index (κ2) is 3.50. The molecule has 0 aromatic carbocycles. The zero-order chi connectivity index (χ0) is 6.57. The van der Waals surface area contributed by atoms with E-state index in [1.54, 1.807) is 0 Å². The lowest BCUT2D eigenvalue weighted by molar-refractivity contribution is 0.870. The van der Waals surface area contributed by atoms with Gasteiger partial charge in [-0.05, 0) is 0 Å². The maximum atomic E-state index is 6.60. The van der Waals surface area contributed by atoms with Crippen LogP contribution in [0.2, 0.25) is 0 Å². The molecule has 0 radical (unpaired) electrons. The number of thiol groups is 1. The first kappa shape index (κ1) is 7.51. The molecule has 8 heavy (non-hydrogen) atoms. The summed E-state index contributed by atoms with van der Waals surface area (Å²) < 4.78 is 0.250. The van der Waals surface area contributed by atoms with Crippen molar-refractivity contribution in [3.05, 3.63) is 0 Å². The van der Waals surface area contributed by atoms with Crippen LogP contribution in [0.4, 0.5) is 0 Å². The Bertz CT molecular complexity index is 96.6. The fraction of sp³-hybridized carbons (Fsp3) is 0. The van der Waals surface area contributed by atoms with Crippen molar-refractivity contribution >= 4 is 35.1 Å². The molecule has 0 heterocycles. The van der Waals surface area contributed by atoms with E-state index in [1.165, 1.54) is 0 Å². The molecular weight excluding hydrogens is 144 g/mol. The molecule has 5 N–H and O–H groups in total. The van der Waals surface area contributed by atoms with Crippen LogP contribution in [0.5, 0.6) is 0 Å². The summed E-state index contributed by atoms with van der Waals surface area (Å²) in [6, 6.07) is 0. The van der Waals surface area contributed by atoms with Crippen molar-refractivity contribution in [3.8, 4) is 0 Å². The van der Waals surface area contributed by atoms with E-state index in [2.05, 4.69) is 35.7 Å². The second-order valence-corrected chi connectivity index (χ2v) is 2.13. The Kier molecular flexibility index (Phi) is 3.29. The molecule has 0 aromatic rings. The van der Waals surface area contributed by atoms with Crippen molar-refractivity contribution in [2.45, 2.75) is 0 Å². The van der Waals surface area contributed by atoms with Gasteiger partial charge in [0.2, 0.25) is 5.96 Å². The third kappa shape index (κ3) is 5.51. The summed E-state index contributed by atoms with van der Waals surface area (Å²) in [5, 5.41) is 6.60. The largest absolute Gasteiger partial charge is 0.369 e. The smallest absolute Gasteiger partial charge is 0.204 e. The molecule has 46 valence electrons. The molecule has 0 saturated carbocycles. The Balaban J connectivity index is 3.18. The molecular formula is C2H6N4S2. The highest BCUT2D eigenvalue weighted by atomic mass is 32.1. The summed E-state index contributed by atoms with van der Waals surface area (Å²) >= 11 is 8.13. The Hall–Kier alpha value is -0.490. The molecule has 4 nitrogen and oxygen atoms in total. The number of nitrogens with one attached hydrogen (secondary N) is 3. The van der Waals surface area contributed by atoms with Crippen LogP contribution in [0.15, 0.2) is 0 Å². The summed E-state index contributed by atoms with van der Waals surface area (Å²) in [5.74, 6) is -0.193. The first-order valence-corrected chi connectivity index (χ1v) is 2.57. The van der Waals surface area contributed by atoms with Gasteiger partial charge in [-0.15, -0.1) is 12.6 Å². The molecule has 0 aliphatic heterocycles. The highest BCUT2D eigenvalue weighted by molar-refractivity contribution is 8.11. The molecule has 0 aliphatic carbocycles. The zero-order valence-electron chi connectivity index (χ0n) is 3.93. The van der Waals surface area contributed by atoms with Gasteiger partial charge in [0.05, 0.1) is 0 Å². The van der Waals surface area contributed by atoms with Gasteiger partial charge in [-0.25, -0.2) is 0 Å². The van der Waals surface area contributed by atoms with Gasteiger partial charge in [0, 0.05) is 0 Å². The van der Waals surface area contributed by atoms with Crippen molar-refractivity contribution in [1.29, 1.82) is 5.41 Å². The lowest BCUT2D eigenvalue weighted by Gasteiger charge is -2.01. The molecule has 0 amide bonds. The number of nitrogens with two attached hydrogens (primary N) is 1. The van der Waals surface area contributed by atoms with Crippen LogP contribution in [-0.2, 0) is 0 Å². The van der Waals surface area contributed by atoms with Gasteiger partial charge >= 0.3 is 0 Å². The molecule has 0 rings (SSSR count). The van der Waals surface area contributed by atoms with E-state index < -0.39 is 0 Å². The summed E-state index contributed by atoms with van der Waals surface area (Å²) in [6.45, 7) is 0. The van der Waals surface area contributed by atoms with E-state index in [4.69, 9.17) is 11.1 Å². The van der Waals surface area contributed by atoms with Crippen LogP contribution in [0.3, 0.4) is 0 Å². The SMILES string of the molecule is N=C(N)NNC(=S)S. The van der Waals surface area contributed by atoms with Crippen LogP contribution in [-0.4, -0.2) is 10.3 Å². The predicted molar refractivity (Wildman–Crippen MR) is 39.8 cm³/mol. The number of hydrogen-bond acceptors (Lipinski definition) is 2. The molecule has 0 spiro atoms. The van der Waals surface area contributed by atoms with E-state index in [1.807, 2.05) is 0 Å². The average Bonchev–Trinajstić information content (AvgIpc) is 1.61. The van der Waals surface area contributed by atoms with Crippen LogP contribution in [0, 0.1) is 5.41 Å². The maximum Gasteiger partial charge on any atom is 0.204 e. The van der Waals surface area contributed by atoms with Crippen molar-refractivity contribution in [3.63, 3.8) is 0 Å². The zero-order valence-corrected chi connectivity index (χ0v) is 5.64. The molecule has 0 aliphatic rings. The third-order valence-electron chi connectivity index (χ3n) is 0.304. The molecule has 0 atom stereocenters. The Labute approximate surface area is 57.7 Å². The number of hydrazine groups is 1. The Morgan fingerprint density at radius 1 is 1.62 bits per heavy atom. The van der Waals surface area contributed by atoms with Crippen LogP contribution in [0.1, 0.15) is 0 Å². The van der Waals surface area contributed by atoms with Gasteiger partial charge in [0.15, 0.2) is 0 Å². The molecule has 0 saturated heterocycles. The highest BCUT2D eigenvalue weighted by Crippen LogP contribution is 1.70. The summed E-state index contributed by atoms with van der Waals surface area (Å²) in [4.78, 5) is 0. The Morgan fingerprint density at radius 2 is 2.12 bits per heavy atom.